The molecule has 0 bridgehead atoms. The summed E-state index contributed by atoms with van der Waals surface area (Å²) in [5.41, 5.74) is 8.37. The van der Waals surface area contributed by atoms with E-state index in [9.17, 15) is 111 Å². The van der Waals surface area contributed by atoms with Gasteiger partial charge in [0.05, 0.1) is 17.2 Å². The fourth-order valence-electron chi connectivity index (χ4n) is 13.4. The Kier molecular flexibility index (Phi) is 29.6. The molecule has 112 heavy (non-hydrogen) atoms. The number of alkyl halides is 3. The quantitative estimate of drug-likeness (QED) is 0.0118. The Bertz CT molecular complexity index is 4450. The van der Waals surface area contributed by atoms with Gasteiger partial charge in [0.25, 0.3) is 5.91 Å². The second kappa shape index (κ2) is 38.7. The molecule has 8 rings (SSSR count). The number of likely N-dealkylation sites (tertiary alicyclic amines) is 3. The molecule has 16 N–H and O–H groups in total. The number of aliphatic hydroxyl groups is 1. The number of aliphatic carboxylic acids is 3. The van der Waals surface area contributed by atoms with Gasteiger partial charge in [-0.2, -0.15) is 13.2 Å². The van der Waals surface area contributed by atoms with E-state index in [0.717, 1.165) is 47.9 Å². The lowest BCUT2D eigenvalue weighted by Gasteiger charge is -2.32. The number of hydrogen-bond acceptors (Lipinski definition) is 20. The Labute approximate surface area is 641 Å². The standard InChI is InChI=1S/C73H86F3N13O22S/c1-37(69(107)89(79-35-39-12-14-40(15-13-39)73(74,75)76)36-57(94)87-30-6-9-52(87)65(103)83-49(23-26-59(97)98)64(102)82-48(63(77)101)22-25-58(95)96)80-68(106)62(38(2)90)85-67(105)53-10-7-31-88(53)70(108)50(24-27-60(99)100)84-66(104)51-8-5-29-86(51)56(93)11-3-4-28-78-72(112)81-41-16-19-44(71(109)110)47(32-41)61-45-20-17-42(91)33-54(45)111-55-34-43(92)18-21-46(55)61/h12-21,32-34,37-38,48-53,62,79,90-91H,3-11,22-31,35-36H2,1-2H3,(H2,77,101)(H,80,106)(H,82,102)(H,83,103)(H,84,104)(H,85,105)(H,95,96)(H,97,98)(H,99,100)(H,109,110)(H2,78,81,112)/t37-,38-,48-,49-,50-,51-,52-,53-,62-/m1/s1. The summed E-state index contributed by atoms with van der Waals surface area (Å²) >= 11 is 5.57. The number of thiocarbonyl (C=S) groups is 1. The molecule has 4 aliphatic heterocycles. The normalized spacial score (nSPS) is 17.1. The number of nitrogens with zero attached hydrogens (tertiary/aromatic N) is 4. The van der Waals surface area contributed by atoms with Crippen LogP contribution in [0.1, 0.15) is 132 Å². The molecule has 1 aliphatic carbocycles. The zero-order valence-corrected chi connectivity index (χ0v) is 61.5. The largest absolute Gasteiger partial charge is 0.508 e. The van der Waals surface area contributed by atoms with Gasteiger partial charge in [0, 0.05) is 92.7 Å². The first kappa shape index (κ1) is 85.7. The van der Waals surface area contributed by atoms with Crippen molar-refractivity contribution in [2.24, 2.45) is 5.73 Å². The van der Waals surface area contributed by atoms with Crippen molar-refractivity contribution in [2.45, 2.75) is 177 Å². The van der Waals surface area contributed by atoms with Crippen molar-refractivity contribution in [3.8, 4) is 28.2 Å². The molecule has 3 saturated heterocycles. The summed E-state index contributed by atoms with van der Waals surface area (Å²) in [7, 11) is 0. The molecular formula is C73H86F3N13O22S. The molecule has 10 amide bonds. The summed E-state index contributed by atoms with van der Waals surface area (Å²) in [6.07, 6.45) is -8.34. The van der Waals surface area contributed by atoms with E-state index in [2.05, 4.69) is 42.6 Å². The number of aliphatic hydroxyl groups excluding tert-OH is 1. The maximum atomic E-state index is 14.5. The number of hydrogen-bond donors (Lipinski definition) is 15. The number of amides is 10. The molecule has 9 atom stereocenters. The number of unbranched alkanes of at least 4 members (excludes halogenated alkanes) is 1. The summed E-state index contributed by atoms with van der Waals surface area (Å²) in [6.45, 7) is 1.06. The molecule has 39 heteroatoms. The number of carboxylic acid groups (broad SMARTS) is 4. The number of benzene rings is 4. The van der Waals surface area contributed by atoms with Gasteiger partial charge >= 0.3 is 30.1 Å². The first-order valence-corrected chi connectivity index (χ1v) is 36.3. The number of carboxylic acids is 4. The minimum absolute atomic E-state index is 0.0239. The summed E-state index contributed by atoms with van der Waals surface area (Å²) in [5, 5.41) is 79.1. The van der Waals surface area contributed by atoms with Crippen LogP contribution >= 0.6 is 12.2 Å². The number of carbonyl (C=O) groups excluding carboxylic acids is 10. The maximum absolute atomic E-state index is 14.5. The highest BCUT2D eigenvalue weighted by atomic mass is 32.1. The van der Waals surface area contributed by atoms with Crippen LogP contribution in [0.4, 0.5) is 18.9 Å². The van der Waals surface area contributed by atoms with Gasteiger partial charge in [0.15, 0.2) is 10.5 Å². The zero-order chi connectivity index (χ0) is 82.0. The molecule has 0 unspecified atom stereocenters. The van der Waals surface area contributed by atoms with Gasteiger partial charge in [-0.15, -0.1) is 0 Å². The number of rotatable bonds is 36. The van der Waals surface area contributed by atoms with Crippen LogP contribution in [0.15, 0.2) is 88.1 Å². The van der Waals surface area contributed by atoms with E-state index in [0.29, 0.717) is 46.5 Å². The molecule has 0 radical (unpaired) electrons. The van der Waals surface area contributed by atoms with Gasteiger partial charge in [0.2, 0.25) is 53.2 Å². The lowest BCUT2D eigenvalue weighted by atomic mass is 9.90. The van der Waals surface area contributed by atoms with Crippen LogP contribution in [0.2, 0.25) is 0 Å². The minimum atomic E-state index is -4.73. The second-order valence-electron chi connectivity index (χ2n) is 27.2. The molecule has 4 heterocycles. The van der Waals surface area contributed by atoms with E-state index in [-0.39, 0.29) is 109 Å². The van der Waals surface area contributed by atoms with Crippen molar-refractivity contribution >= 4 is 117 Å². The van der Waals surface area contributed by atoms with Gasteiger partial charge in [-0.25, -0.2) is 10.2 Å². The van der Waals surface area contributed by atoms with Crippen LogP contribution in [-0.2, 0) is 75.1 Å². The molecule has 0 spiro atoms. The van der Waals surface area contributed by atoms with E-state index in [1.165, 1.54) is 47.4 Å². The van der Waals surface area contributed by atoms with E-state index < -0.39 is 201 Å². The number of primary amides is 1. The topological polar surface area (TPSA) is 526 Å². The van der Waals surface area contributed by atoms with Crippen LogP contribution < -0.4 is 53.8 Å². The van der Waals surface area contributed by atoms with Crippen molar-refractivity contribution in [1.82, 2.24) is 57.0 Å². The van der Waals surface area contributed by atoms with Crippen molar-refractivity contribution in [2.75, 3.05) is 38.0 Å². The Morgan fingerprint density at radius 1 is 0.634 bits per heavy atom. The van der Waals surface area contributed by atoms with E-state index in [4.69, 9.17) is 27.5 Å². The summed E-state index contributed by atoms with van der Waals surface area (Å²) < 4.78 is 46.5. The van der Waals surface area contributed by atoms with Gasteiger partial charge in [-0.05, 0) is 162 Å². The lowest BCUT2D eigenvalue weighted by Crippen LogP contribution is -2.61. The number of hydrazine groups is 1. The molecule has 602 valence electrons. The SMILES string of the molecule is C[C@@H](NC(=O)[C@H](NC(=O)[C@H]1CCCN1C(=O)[C@@H](CCC(=O)O)NC(=O)[C@H]1CCCN1C(=O)CCCCNC(=S)Nc1ccc(C(=O)O)c(-c2c3ccc(=O)cc-3oc3cc(O)ccc23)c1)[C@@H](C)O)C(=O)N(CC(=O)N1CCC[C@@H]1C(=O)N[C@H](CCC(=O)O)C(=O)N[C@H](CCC(=O)O)C(N)=O)NCc1ccc(C(F)(F)F)cc1. The molecule has 3 fully saturated rings. The van der Waals surface area contributed by atoms with Crippen molar-refractivity contribution in [1.29, 1.82) is 0 Å². The number of fused-ring (bicyclic) bond motifs is 2. The third-order valence-corrected chi connectivity index (χ3v) is 19.3. The Hall–Kier alpha value is -11.9. The molecule has 3 aromatic rings. The Morgan fingerprint density at radius 2 is 1.21 bits per heavy atom. The summed E-state index contributed by atoms with van der Waals surface area (Å²) in [5.74, 6) is -14.8. The summed E-state index contributed by atoms with van der Waals surface area (Å²) in [4.78, 5) is 202. The van der Waals surface area contributed by atoms with E-state index in [1.807, 2.05) is 0 Å². The number of phenols is 1. The monoisotopic (exact) mass is 1590 g/mol. The molecule has 0 aromatic heterocycles. The number of aromatic carboxylic acids is 1. The lowest BCUT2D eigenvalue weighted by molar-refractivity contribution is -0.148. The molecule has 0 saturated carbocycles. The van der Waals surface area contributed by atoms with Crippen LogP contribution in [0, 0.1) is 0 Å². The predicted molar refractivity (Wildman–Crippen MR) is 392 cm³/mol. The van der Waals surface area contributed by atoms with Crippen molar-refractivity contribution in [3.63, 3.8) is 0 Å². The smallest absolute Gasteiger partial charge is 0.416 e. The number of anilines is 1. The van der Waals surface area contributed by atoms with Gasteiger partial charge in [-0.1, -0.05) is 12.1 Å². The highest BCUT2D eigenvalue weighted by molar-refractivity contribution is 7.80. The number of phenolic OH excluding ortho intramolecular Hbond substituents is 1. The number of aromatic hydroxyl groups is 1. The van der Waals surface area contributed by atoms with Crippen LogP contribution in [0.25, 0.3) is 33.4 Å². The average molecular weight is 1590 g/mol. The minimum Gasteiger partial charge on any atom is -0.508 e. The fourth-order valence-corrected chi connectivity index (χ4v) is 13.6. The predicted octanol–water partition coefficient (Wildman–Crippen LogP) is 1.85. The van der Waals surface area contributed by atoms with Crippen molar-refractivity contribution in [3.05, 3.63) is 106 Å². The van der Waals surface area contributed by atoms with Gasteiger partial charge in [0.1, 0.15) is 72.0 Å². The van der Waals surface area contributed by atoms with E-state index in [1.54, 1.807) is 12.1 Å². The molecule has 5 aliphatic rings. The second-order valence-corrected chi connectivity index (χ2v) is 27.6. The number of nitrogens with two attached hydrogens (primary N) is 1. The number of carbonyl (C=O) groups is 14. The van der Waals surface area contributed by atoms with E-state index >= 15 is 0 Å². The van der Waals surface area contributed by atoms with Crippen LogP contribution in [-0.4, -0.2) is 226 Å². The highest BCUT2D eigenvalue weighted by Crippen LogP contribution is 2.43. The number of nitrogens with one attached hydrogen (secondary N) is 8. The first-order valence-electron chi connectivity index (χ1n) is 35.9. The maximum Gasteiger partial charge on any atom is 0.416 e. The zero-order valence-electron chi connectivity index (χ0n) is 60.7. The first-order chi connectivity index (χ1) is 53.0. The van der Waals surface area contributed by atoms with Crippen LogP contribution in [0.5, 0.6) is 5.75 Å². The Balaban J connectivity index is 0.871. The third-order valence-electron chi connectivity index (χ3n) is 19.1. The molecule has 35 nitrogen and oxygen atoms in total. The molecular weight excluding hydrogens is 1500 g/mol. The third kappa shape index (κ3) is 22.9. The van der Waals surface area contributed by atoms with Crippen molar-refractivity contribution < 1.29 is 115 Å². The highest BCUT2D eigenvalue weighted by Gasteiger charge is 2.44. The van der Waals surface area contributed by atoms with Gasteiger partial charge in [-0.3, -0.25) is 72.1 Å². The molecule has 3 aromatic carbocycles. The Morgan fingerprint density at radius 3 is 1.79 bits per heavy atom. The van der Waals surface area contributed by atoms with Crippen LogP contribution in [0.3, 0.4) is 0 Å². The summed E-state index contributed by atoms with van der Waals surface area (Å²) in [6, 6.07) is 4.34. The fraction of sp³-hybridized carbons (Fsp3) is 0.452. The number of halogens is 3. The van der Waals surface area contributed by atoms with Gasteiger partial charge < -0.3 is 92.7 Å². The average Bonchev–Trinajstić information content (AvgIpc) is 1.16.